The fourth-order valence-electron chi connectivity index (χ4n) is 4.86. The maximum atomic E-state index is 13.4. The molecule has 0 aromatic heterocycles. The number of halogens is 2. The molecule has 1 aliphatic carbocycles. The van der Waals surface area contributed by atoms with Crippen molar-refractivity contribution in [1.82, 2.24) is 5.32 Å². The predicted molar refractivity (Wildman–Crippen MR) is 133 cm³/mol. The van der Waals surface area contributed by atoms with Gasteiger partial charge in [-0.1, -0.05) is 77.8 Å². The van der Waals surface area contributed by atoms with Gasteiger partial charge in [-0.05, 0) is 41.7 Å². The molecule has 6 heteroatoms. The van der Waals surface area contributed by atoms with Crippen molar-refractivity contribution in [2.75, 3.05) is 0 Å². The molecule has 0 radical (unpaired) electrons. The van der Waals surface area contributed by atoms with E-state index in [1.54, 1.807) is 6.07 Å². The normalized spacial score (nSPS) is 20.1. The Balaban J connectivity index is 1.46. The second-order valence-corrected chi connectivity index (χ2v) is 9.53. The Bertz CT molecular complexity index is 1290. The summed E-state index contributed by atoms with van der Waals surface area (Å²) in [4.78, 5) is 26.1. The number of hydrogen-bond donors (Lipinski definition) is 1. The number of carbonyl (C=O) groups is 2. The maximum Gasteiger partial charge on any atom is 0.225 e. The zero-order valence-electron chi connectivity index (χ0n) is 18.4. The van der Waals surface area contributed by atoms with Gasteiger partial charge in [0.15, 0.2) is 5.78 Å². The van der Waals surface area contributed by atoms with Crippen molar-refractivity contribution in [3.8, 4) is 5.75 Å². The number of benzene rings is 3. The molecular weight excluding hydrogens is 469 g/mol. The smallest absolute Gasteiger partial charge is 0.225 e. The standard InChI is InChI=1S/C28H23Cl2NO3/c29-22-11-10-18(12-23(22)30)19-13-24-28(25(32)14-19)21(15-27(33)31-24)20-8-4-5-9-26(20)34-16-17-6-2-1-3-7-17/h1-12,19,21H,13-16H2,(H,31,33). The number of Topliss-reactive ketones (excluding diaryl/α,β-unsaturated/α-hetero) is 1. The summed E-state index contributed by atoms with van der Waals surface area (Å²) in [6.45, 7) is 0.413. The van der Waals surface area contributed by atoms with E-state index in [0.717, 1.165) is 16.7 Å². The molecule has 1 heterocycles. The van der Waals surface area contributed by atoms with Gasteiger partial charge in [0.25, 0.3) is 0 Å². The van der Waals surface area contributed by atoms with E-state index in [1.165, 1.54) is 0 Å². The third kappa shape index (κ3) is 4.61. The Morgan fingerprint density at radius 2 is 1.62 bits per heavy atom. The molecule has 0 spiro atoms. The summed E-state index contributed by atoms with van der Waals surface area (Å²) in [5, 5.41) is 3.91. The SMILES string of the molecule is O=C1CC(c2ccccc2OCc2ccccc2)C2=C(CC(c3ccc(Cl)c(Cl)c3)CC2=O)N1. The lowest BCUT2D eigenvalue weighted by Crippen LogP contribution is -2.38. The first-order valence-electron chi connectivity index (χ1n) is 11.3. The minimum atomic E-state index is -0.335. The Labute approximate surface area is 208 Å². The van der Waals surface area contributed by atoms with Crippen molar-refractivity contribution >= 4 is 34.9 Å². The van der Waals surface area contributed by atoms with Crippen LogP contribution in [0.4, 0.5) is 0 Å². The van der Waals surface area contributed by atoms with Crippen LogP contribution in [-0.2, 0) is 16.2 Å². The number of para-hydroxylation sites is 1. The topological polar surface area (TPSA) is 55.4 Å². The molecule has 0 bridgehead atoms. The summed E-state index contributed by atoms with van der Waals surface area (Å²) in [7, 11) is 0. The number of amides is 1. The fraction of sp³-hybridized carbons (Fsp3) is 0.214. The Hall–Kier alpha value is -3.08. The third-order valence-electron chi connectivity index (χ3n) is 6.48. The summed E-state index contributed by atoms with van der Waals surface area (Å²) >= 11 is 12.3. The van der Waals surface area contributed by atoms with Gasteiger partial charge < -0.3 is 10.1 Å². The highest BCUT2D eigenvalue weighted by Gasteiger charge is 2.39. The van der Waals surface area contributed by atoms with E-state index in [2.05, 4.69) is 5.32 Å². The number of nitrogens with one attached hydrogen (secondary N) is 1. The van der Waals surface area contributed by atoms with Gasteiger partial charge >= 0.3 is 0 Å². The van der Waals surface area contributed by atoms with Gasteiger partial charge in [0.1, 0.15) is 12.4 Å². The van der Waals surface area contributed by atoms with Gasteiger partial charge in [-0.25, -0.2) is 0 Å². The number of allylic oxidation sites excluding steroid dienone is 2. The summed E-state index contributed by atoms with van der Waals surface area (Å²) < 4.78 is 6.15. The predicted octanol–water partition coefficient (Wildman–Crippen LogP) is 6.58. The lowest BCUT2D eigenvalue weighted by atomic mass is 9.73. The van der Waals surface area contributed by atoms with Crippen molar-refractivity contribution < 1.29 is 14.3 Å². The molecule has 0 fully saturated rings. The van der Waals surface area contributed by atoms with Crippen LogP contribution in [0, 0.1) is 0 Å². The molecule has 3 aromatic carbocycles. The molecule has 5 rings (SSSR count). The summed E-state index contributed by atoms with van der Waals surface area (Å²) in [6.07, 6.45) is 1.14. The molecule has 0 saturated carbocycles. The molecule has 3 aromatic rings. The molecule has 2 aliphatic rings. The highest BCUT2D eigenvalue weighted by Crippen LogP contribution is 2.45. The van der Waals surface area contributed by atoms with E-state index in [4.69, 9.17) is 27.9 Å². The number of hydrogen-bond acceptors (Lipinski definition) is 3. The lowest BCUT2D eigenvalue weighted by Gasteiger charge is -2.35. The van der Waals surface area contributed by atoms with E-state index < -0.39 is 0 Å². The zero-order chi connectivity index (χ0) is 23.7. The summed E-state index contributed by atoms with van der Waals surface area (Å²) in [5.74, 6) is 0.240. The van der Waals surface area contributed by atoms with Crippen molar-refractivity contribution in [2.45, 2.75) is 37.7 Å². The molecule has 2 unspecified atom stereocenters. The van der Waals surface area contributed by atoms with Crippen LogP contribution in [0.15, 0.2) is 84.1 Å². The summed E-state index contributed by atoms with van der Waals surface area (Å²) in [6, 6.07) is 23.0. The largest absolute Gasteiger partial charge is 0.489 e. The molecule has 1 aliphatic heterocycles. The first kappa shape index (κ1) is 22.7. The molecule has 4 nitrogen and oxygen atoms in total. The van der Waals surface area contributed by atoms with Crippen molar-refractivity contribution in [2.24, 2.45) is 0 Å². The van der Waals surface area contributed by atoms with E-state index in [1.807, 2.05) is 66.7 Å². The molecule has 2 atom stereocenters. The molecule has 172 valence electrons. The van der Waals surface area contributed by atoms with Gasteiger partial charge in [0.2, 0.25) is 5.91 Å². The Morgan fingerprint density at radius 1 is 0.853 bits per heavy atom. The number of rotatable bonds is 5. The first-order chi connectivity index (χ1) is 16.5. The van der Waals surface area contributed by atoms with E-state index in [0.29, 0.717) is 46.5 Å². The number of ketones is 1. The fourth-order valence-corrected chi connectivity index (χ4v) is 5.17. The van der Waals surface area contributed by atoms with Crippen LogP contribution in [-0.4, -0.2) is 11.7 Å². The average Bonchev–Trinajstić information content (AvgIpc) is 2.84. The van der Waals surface area contributed by atoms with Crippen molar-refractivity contribution in [1.29, 1.82) is 0 Å². The van der Waals surface area contributed by atoms with Crippen LogP contribution < -0.4 is 10.1 Å². The maximum absolute atomic E-state index is 13.4. The lowest BCUT2D eigenvalue weighted by molar-refractivity contribution is -0.122. The molecular formula is C28H23Cl2NO3. The van der Waals surface area contributed by atoms with Gasteiger partial charge in [-0.15, -0.1) is 0 Å². The summed E-state index contributed by atoms with van der Waals surface area (Å²) in [5.41, 5.74) is 4.24. The third-order valence-corrected chi connectivity index (χ3v) is 7.22. The highest BCUT2D eigenvalue weighted by atomic mass is 35.5. The van der Waals surface area contributed by atoms with Crippen LogP contribution in [0.25, 0.3) is 0 Å². The van der Waals surface area contributed by atoms with Crippen molar-refractivity contribution in [3.63, 3.8) is 0 Å². The van der Waals surface area contributed by atoms with E-state index >= 15 is 0 Å². The second-order valence-electron chi connectivity index (χ2n) is 8.71. The minimum Gasteiger partial charge on any atom is -0.489 e. The van der Waals surface area contributed by atoms with Gasteiger partial charge in [-0.3, -0.25) is 9.59 Å². The minimum absolute atomic E-state index is 0.0418. The first-order valence-corrected chi connectivity index (χ1v) is 12.0. The van der Waals surface area contributed by atoms with Gasteiger partial charge in [0, 0.05) is 35.6 Å². The Kier molecular flexibility index (Phi) is 6.44. The Morgan fingerprint density at radius 3 is 2.41 bits per heavy atom. The zero-order valence-corrected chi connectivity index (χ0v) is 19.9. The van der Waals surface area contributed by atoms with Crippen LogP contribution >= 0.6 is 23.2 Å². The average molecular weight is 492 g/mol. The van der Waals surface area contributed by atoms with Crippen LogP contribution in [0.2, 0.25) is 10.0 Å². The van der Waals surface area contributed by atoms with Gasteiger partial charge in [0.05, 0.1) is 10.0 Å². The van der Waals surface area contributed by atoms with Crippen molar-refractivity contribution in [3.05, 3.63) is 111 Å². The number of carbonyl (C=O) groups excluding carboxylic acids is 2. The second kappa shape index (κ2) is 9.65. The quantitative estimate of drug-likeness (QED) is 0.438. The molecule has 1 N–H and O–H groups in total. The molecule has 0 saturated heterocycles. The molecule has 34 heavy (non-hydrogen) atoms. The van der Waals surface area contributed by atoms with Gasteiger partial charge in [-0.2, -0.15) is 0 Å². The molecule has 1 amide bonds. The highest BCUT2D eigenvalue weighted by molar-refractivity contribution is 6.42. The van der Waals surface area contributed by atoms with Crippen LogP contribution in [0.5, 0.6) is 5.75 Å². The van der Waals surface area contributed by atoms with E-state index in [9.17, 15) is 9.59 Å². The van der Waals surface area contributed by atoms with Crippen LogP contribution in [0.3, 0.4) is 0 Å². The number of ether oxygens (including phenoxy) is 1. The monoisotopic (exact) mass is 491 g/mol. The van der Waals surface area contributed by atoms with E-state index in [-0.39, 0.29) is 29.9 Å². The van der Waals surface area contributed by atoms with Crippen LogP contribution in [0.1, 0.15) is 47.8 Å².